The summed E-state index contributed by atoms with van der Waals surface area (Å²) in [7, 11) is -2.63. The fourth-order valence-corrected chi connectivity index (χ4v) is 3.80. The van der Waals surface area contributed by atoms with E-state index in [1.54, 1.807) is 31.2 Å². The number of hydrogen-bond donors (Lipinski definition) is 1. The van der Waals surface area contributed by atoms with E-state index in [9.17, 15) is 8.42 Å². The van der Waals surface area contributed by atoms with E-state index in [0.29, 0.717) is 17.1 Å². The zero-order valence-electron chi connectivity index (χ0n) is 13.5. The van der Waals surface area contributed by atoms with Crippen LogP contribution in [0.25, 0.3) is 5.65 Å². The summed E-state index contributed by atoms with van der Waals surface area (Å²) >= 11 is 12.2. The Hall–Kier alpha value is -2.03. The summed E-state index contributed by atoms with van der Waals surface area (Å²) in [5.74, 6) is 0.371. The number of halogens is 2. The van der Waals surface area contributed by atoms with E-state index in [-0.39, 0.29) is 15.7 Å². The molecule has 0 bridgehead atoms. The molecule has 0 saturated carbocycles. The average molecular weight is 401 g/mol. The molecule has 132 valence electrons. The predicted octanol–water partition coefficient (Wildman–Crippen LogP) is 3.46. The Morgan fingerprint density at radius 1 is 1.20 bits per heavy atom. The normalized spacial score (nSPS) is 11.7. The van der Waals surface area contributed by atoms with Crippen molar-refractivity contribution in [1.29, 1.82) is 0 Å². The minimum atomic E-state index is -4.09. The fraction of sp³-hybridized carbons (Fsp3) is 0.200. The van der Waals surface area contributed by atoms with Gasteiger partial charge in [0.2, 0.25) is 5.88 Å². The molecule has 10 heteroatoms. The molecule has 1 N–H and O–H groups in total. The Morgan fingerprint density at radius 2 is 1.92 bits per heavy atom. The molecule has 0 radical (unpaired) electrons. The molecule has 3 rings (SSSR count). The van der Waals surface area contributed by atoms with Crippen LogP contribution < -0.4 is 9.46 Å². The Morgan fingerprint density at radius 3 is 2.60 bits per heavy atom. The van der Waals surface area contributed by atoms with Crippen molar-refractivity contribution in [3.8, 4) is 5.88 Å². The Kier molecular flexibility index (Phi) is 4.52. The third kappa shape index (κ3) is 3.24. The van der Waals surface area contributed by atoms with Crippen molar-refractivity contribution in [3.05, 3.63) is 45.4 Å². The first-order valence-electron chi connectivity index (χ1n) is 7.12. The number of pyridine rings is 1. The van der Waals surface area contributed by atoms with E-state index in [1.807, 2.05) is 6.92 Å². The van der Waals surface area contributed by atoms with Crippen LogP contribution in [0.15, 0.2) is 29.4 Å². The molecule has 25 heavy (non-hydrogen) atoms. The van der Waals surface area contributed by atoms with E-state index < -0.39 is 15.2 Å². The number of fused-ring (bicyclic) bond motifs is 1. The molecule has 0 aliphatic carbocycles. The van der Waals surface area contributed by atoms with Crippen LogP contribution in [-0.4, -0.2) is 30.1 Å². The van der Waals surface area contributed by atoms with Crippen molar-refractivity contribution in [2.24, 2.45) is 0 Å². The molecule has 0 aliphatic heterocycles. The topological polar surface area (TPSA) is 85.6 Å². The average Bonchev–Trinajstić information content (AvgIpc) is 2.99. The van der Waals surface area contributed by atoms with Crippen LogP contribution in [0, 0.1) is 13.8 Å². The number of sulfonamides is 1. The molecule has 0 amide bonds. The highest BCUT2D eigenvalue weighted by Gasteiger charge is 2.24. The van der Waals surface area contributed by atoms with Gasteiger partial charge in [-0.3, -0.25) is 4.72 Å². The van der Waals surface area contributed by atoms with E-state index >= 15 is 0 Å². The van der Waals surface area contributed by atoms with Crippen molar-refractivity contribution in [1.82, 2.24) is 14.6 Å². The zero-order chi connectivity index (χ0) is 18.4. The molecule has 2 heterocycles. The zero-order valence-corrected chi connectivity index (χ0v) is 15.9. The third-order valence-corrected chi connectivity index (χ3v) is 5.43. The van der Waals surface area contributed by atoms with Gasteiger partial charge in [0.25, 0.3) is 15.2 Å². The number of methoxy groups -OCH3 is 1. The Bertz CT molecular complexity index is 1080. The molecule has 0 saturated heterocycles. The summed E-state index contributed by atoms with van der Waals surface area (Å²) in [4.78, 5) is 4.07. The van der Waals surface area contributed by atoms with Crippen molar-refractivity contribution in [2.75, 3.05) is 11.8 Å². The van der Waals surface area contributed by atoms with Crippen LogP contribution in [0.3, 0.4) is 0 Å². The molecule has 1 aromatic carbocycles. The maximum absolute atomic E-state index is 12.7. The molecular weight excluding hydrogens is 387 g/mol. The number of aromatic nitrogens is 3. The molecule has 0 spiro atoms. The standard InChI is InChI=1S/C15H14Cl2N4O3S/c1-8-6-11-18-15(19-21(11)12(7-8)24-3)25(22,23)20-14-10(16)5-4-9(2)13(14)17/h4-7,20H,1-3H3. The van der Waals surface area contributed by atoms with Gasteiger partial charge in [-0.2, -0.15) is 17.9 Å². The highest BCUT2D eigenvalue weighted by atomic mass is 35.5. The van der Waals surface area contributed by atoms with Gasteiger partial charge in [0.15, 0.2) is 5.65 Å². The maximum atomic E-state index is 12.7. The highest BCUT2D eigenvalue weighted by molar-refractivity contribution is 7.92. The second kappa shape index (κ2) is 6.36. The fourth-order valence-electron chi connectivity index (χ4n) is 2.25. The number of nitrogens with one attached hydrogen (secondary N) is 1. The largest absolute Gasteiger partial charge is 0.481 e. The van der Waals surface area contributed by atoms with Crippen molar-refractivity contribution in [2.45, 2.75) is 19.0 Å². The van der Waals surface area contributed by atoms with Crippen LogP contribution >= 0.6 is 23.2 Å². The summed E-state index contributed by atoms with van der Waals surface area (Å²) < 4.78 is 34.2. The van der Waals surface area contributed by atoms with Crippen LogP contribution in [0.1, 0.15) is 11.1 Å². The van der Waals surface area contributed by atoms with Gasteiger partial charge >= 0.3 is 0 Å². The van der Waals surface area contributed by atoms with Crippen molar-refractivity contribution < 1.29 is 13.2 Å². The minimum Gasteiger partial charge on any atom is -0.481 e. The lowest BCUT2D eigenvalue weighted by Gasteiger charge is -2.10. The van der Waals surface area contributed by atoms with Crippen LogP contribution in [0.4, 0.5) is 5.69 Å². The second-order valence-electron chi connectivity index (χ2n) is 5.40. The molecule has 7 nitrogen and oxygen atoms in total. The number of nitrogens with zero attached hydrogens (tertiary/aromatic N) is 3. The summed E-state index contributed by atoms with van der Waals surface area (Å²) in [6, 6.07) is 6.67. The minimum absolute atomic E-state index is 0.0883. The van der Waals surface area contributed by atoms with Gasteiger partial charge in [-0.25, -0.2) is 0 Å². The number of ether oxygens (including phenoxy) is 1. The lowest BCUT2D eigenvalue weighted by atomic mass is 10.2. The van der Waals surface area contributed by atoms with Crippen molar-refractivity contribution >= 4 is 44.6 Å². The molecule has 2 aromatic heterocycles. The number of anilines is 1. The van der Waals surface area contributed by atoms with Gasteiger partial charge < -0.3 is 4.74 Å². The maximum Gasteiger partial charge on any atom is 0.299 e. The van der Waals surface area contributed by atoms with E-state index in [1.165, 1.54) is 11.6 Å². The Labute approximate surface area is 154 Å². The predicted molar refractivity (Wildman–Crippen MR) is 96.3 cm³/mol. The van der Waals surface area contributed by atoms with Gasteiger partial charge in [-0.15, -0.1) is 5.10 Å². The van der Waals surface area contributed by atoms with E-state index in [4.69, 9.17) is 27.9 Å². The lowest BCUT2D eigenvalue weighted by molar-refractivity contribution is 0.384. The smallest absolute Gasteiger partial charge is 0.299 e. The second-order valence-corrected chi connectivity index (χ2v) is 7.76. The molecule has 0 unspecified atom stereocenters. The first kappa shape index (κ1) is 17.8. The first-order chi connectivity index (χ1) is 11.7. The first-order valence-corrected chi connectivity index (χ1v) is 9.35. The van der Waals surface area contributed by atoms with Crippen LogP contribution in [0.2, 0.25) is 10.0 Å². The SMILES string of the molecule is COc1cc(C)cc2nc(S(=O)(=O)Nc3c(Cl)ccc(C)c3Cl)nn12. The van der Waals surface area contributed by atoms with E-state index in [2.05, 4.69) is 14.8 Å². The van der Waals surface area contributed by atoms with Crippen molar-refractivity contribution in [3.63, 3.8) is 0 Å². The summed E-state index contributed by atoms with van der Waals surface area (Å²) in [6.07, 6.45) is 0. The molecule has 0 fully saturated rings. The lowest BCUT2D eigenvalue weighted by Crippen LogP contribution is -2.15. The van der Waals surface area contributed by atoms with Gasteiger partial charge in [-0.05, 0) is 37.1 Å². The van der Waals surface area contributed by atoms with Crippen LogP contribution in [0.5, 0.6) is 5.88 Å². The molecule has 3 aromatic rings. The summed E-state index contributed by atoms with van der Waals surface area (Å²) in [5, 5.41) is 4.00. The van der Waals surface area contributed by atoms with Gasteiger partial charge in [-0.1, -0.05) is 29.3 Å². The Balaban J connectivity index is 2.10. The van der Waals surface area contributed by atoms with Gasteiger partial charge in [0.05, 0.1) is 22.8 Å². The molecular formula is C15H14Cl2N4O3S. The molecule has 0 aliphatic rings. The number of hydrogen-bond acceptors (Lipinski definition) is 5. The monoisotopic (exact) mass is 400 g/mol. The van der Waals surface area contributed by atoms with E-state index in [0.717, 1.165) is 5.56 Å². The summed E-state index contributed by atoms with van der Waals surface area (Å²) in [5.41, 5.74) is 1.98. The number of rotatable bonds is 4. The van der Waals surface area contributed by atoms with Crippen LogP contribution in [-0.2, 0) is 10.0 Å². The molecule has 0 atom stereocenters. The van der Waals surface area contributed by atoms with Gasteiger partial charge in [0.1, 0.15) is 0 Å². The quantitative estimate of drug-likeness (QED) is 0.724. The number of aryl methyl sites for hydroxylation is 2. The number of benzene rings is 1. The van der Waals surface area contributed by atoms with Gasteiger partial charge in [0, 0.05) is 6.07 Å². The highest BCUT2D eigenvalue weighted by Crippen LogP contribution is 2.34. The summed E-state index contributed by atoms with van der Waals surface area (Å²) in [6.45, 7) is 3.59. The third-order valence-electron chi connectivity index (χ3n) is 3.50.